The van der Waals surface area contributed by atoms with Gasteiger partial charge in [0, 0.05) is 18.5 Å². The Morgan fingerprint density at radius 3 is 2.64 bits per heavy atom. The summed E-state index contributed by atoms with van der Waals surface area (Å²) in [7, 11) is 0. The second-order valence-corrected chi connectivity index (χ2v) is 5.49. The minimum absolute atomic E-state index is 0.0101. The number of halogens is 3. The van der Waals surface area contributed by atoms with Crippen molar-refractivity contribution in [2.75, 3.05) is 6.54 Å². The maximum absolute atomic E-state index is 12.1. The molecule has 2 N–H and O–H groups in total. The standard InChI is InChI=1S/C15H19F3N2O2/c1-10-8-12(6-7-19-10)14(21)20-9-11-2-4-13(5-3-11)22-15(16,17)18/h2-5,10,12,19H,6-9H2,1H3,(H,20,21)/t10-,12-/m0/s1. The molecule has 0 bridgehead atoms. The van der Waals surface area contributed by atoms with E-state index >= 15 is 0 Å². The van der Waals surface area contributed by atoms with Gasteiger partial charge in [0.05, 0.1) is 0 Å². The van der Waals surface area contributed by atoms with Crippen LogP contribution >= 0.6 is 0 Å². The largest absolute Gasteiger partial charge is 0.573 e. The summed E-state index contributed by atoms with van der Waals surface area (Å²) < 4.78 is 39.9. The lowest BCUT2D eigenvalue weighted by molar-refractivity contribution is -0.274. The number of amides is 1. The number of carbonyl (C=O) groups excluding carboxylic acids is 1. The van der Waals surface area contributed by atoms with Crippen LogP contribution in [0.3, 0.4) is 0 Å². The van der Waals surface area contributed by atoms with Crippen LogP contribution in [0.15, 0.2) is 24.3 Å². The molecular weight excluding hydrogens is 297 g/mol. The van der Waals surface area contributed by atoms with E-state index < -0.39 is 6.36 Å². The molecule has 1 fully saturated rings. The Hall–Kier alpha value is -1.76. The lowest BCUT2D eigenvalue weighted by Gasteiger charge is -2.27. The van der Waals surface area contributed by atoms with Gasteiger partial charge in [-0.05, 0) is 44.0 Å². The second-order valence-electron chi connectivity index (χ2n) is 5.49. The maximum atomic E-state index is 12.1. The zero-order valence-electron chi connectivity index (χ0n) is 12.2. The molecule has 0 aromatic heterocycles. The van der Waals surface area contributed by atoms with Crippen molar-refractivity contribution in [2.45, 2.75) is 38.7 Å². The van der Waals surface area contributed by atoms with E-state index in [1.807, 2.05) is 6.92 Å². The quantitative estimate of drug-likeness (QED) is 0.898. The minimum Gasteiger partial charge on any atom is -0.406 e. The number of hydrogen-bond acceptors (Lipinski definition) is 3. The summed E-state index contributed by atoms with van der Waals surface area (Å²) in [5.74, 6) is -0.289. The fourth-order valence-electron chi connectivity index (χ4n) is 2.51. The van der Waals surface area contributed by atoms with E-state index in [1.165, 1.54) is 24.3 Å². The van der Waals surface area contributed by atoms with Gasteiger partial charge in [0.2, 0.25) is 5.91 Å². The van der Waals surface area contributed by atoms with Gasteiger partial charge in [-0.15, -0.1) is 13.2 Å². The number of rotatable bonds is 4. The Morgan fingerprint density at radius 2 is 2.05 bits per heavy atom. The molecule has 1 aromatic carbocycles. The average molecular weight is 316 g/mol. The van der Waals surface area contributed by atoms with Crippen LogP contribution < -0.4 is 15.4 Å². The average Bonchev–Trinajstić information content (AvgIpc) is 2.44. The fourth-order valence-corrected chi connectivity index (χ4v) is 2.51. The first-order chi connectivity index (χ1) is 10.3. The second kappa shape index (κ2) is 7.00. The zero-order valence-corrected chi connectivity index (χ0v) is 12.2. The highest BCUT2D eigenvalue weighted by atomic mass is 19.4. The van der Waals surface area contributed by atoms with E-state index in [-0.39, 0.29) is 17.6 Å². The third kappa shape index (κ3) is 5.22. The number of benzene rings is 1. The van der Waals surface area contributed by atoms with Crippen molar-refractivity contribution in [1.82, 2.24) is 10.6 Å². The SMILES string of the molecule is C[C@H]1C[C@@H](C(=O)NCc2ccc(OC(F)(F)F)cc2)CCN1. The molecule has 1 aliphatic heterocycles. The monoisotopic (exact) mass is 316 g/mol. The Morgan fingerprint density at radius 1 is 1.36 bits per heavy atom. The molecule has 2 rings (SSSR count). The summed E-state index contributed by atoms with van der Waals surface area (Å²) >= 11 is 0. The van der Waals surface area contributed by atoms with Crippen LogP contribution in [0.4, 0.5) is 13.2 Å². The predicted octanol–water partition coefficient (Wildman–Crippen LogP) is 2.59. The molecule has 22 heavy (non-hydrogen) atoms. The van der Waals surface area contributed by atoms with Crippen molar-refractivity contribution < 1.29 is 22.7 Å². The zero-order chi connectivity index (χ0) is 16.2. The van der Waals surface area contributed by atoms with E-state index in [4.69, 9.17) is 0 Å². The highest BCUT2D eigenvalue weighted by Gasteiger charge is 2.31. The summed E-state index contributed by atoms with van der Waals surface area (Å²) in [6, 6.07) is 5.81. The van der Waals surface area contributed by atoms with Gasteiger partial charge in [0.1, 0.15) is 5.75 Å². The Bertz CT molecular complexity index is 503. The number of alkyl halides is 3. The minimum atomic E-state index is -4.69. The maximum Gasteiger partial charge on any atom is 0.573 e. The van der Waals surface area contributed by atoms with Gasteiger partial charge in [0.25, 0.3) is 0 Å². The summed E-state index contributed by atoms with van der Waals surface area (Å²) in [5.41, 5.74) is 0.727. The molecule has 0 saturated carbocycles. The third-order valence-electron chi connectivity index (χ3n) is 3.62. The van der Waals surface area contributed by atoms with Crippen LogP contribution in [0.5, 0.6) is 5.75 Å². The molecule has 4 nitrogen and oxygen atoms in total. The van der Waals surface area contributed by atoms with Gasteiger partial charge in [0.15, 0.2) is 0 Å². The van der Waals surface area contributed by atoms with Crippen LogP contribution in [-0.4, -0.2) is 24.9 Å². The molecule has 0 unspecified atom stereocenters. The summed E-state index contributed by atoms with van der Waals surface area (Å²) in [5, 5.41) is 6.11. The van der Waals surface area contributed by atoms with Gasteiger partial charge in [-0.25, -0.2) is 0 Å². The van der Waals surface area contributed by atoms with E-state index in [1.54, 1.807) is 0 Å². The molecule has 0 radical (unpaired) electrons. The van der Waals surface area contributed by atoms with Crippen LogP contribution in [-0.2, 0) is 11.3 Å². The molecule has 1 heterocycles. The lowest BCUT2D eigenvalue weighted by atomic mass is 9.92. The predicted molar refractivity (Wildman–Crippen MR) is 75.2 cm³/mol. The molecule has 1 aliphatic rings. The Kier molecular flexibility index (Phi) is 5.28. The van der Waals surface area contributed by atoms with Gasteiger partial charge in [-0.2, -0.15) is 0 Å². The Labute approximate surface area is 127 Å². The molecule has 1 amide bonds. The highest BCUT2D eigenvalue weighted by Crippen LogP contribution is 2.23. The number of nitrogens with one attached hydrogen (secondary N) is 2. The van der Waals surface area contributed by atoms with E-state index in [2.05, 4.69) is 15.4 Å². The number of hydrogen-bond donors (Lipinski definition) is 2. The lowest BCUT2D eigenvalue weighted by Crippen LogP contribution is -2.42. The number of ether oxygens (including phenoxy) is 1. The molecular formula is C15H19F3N2O2. The van der Waals surface area contributed by atoms with Crippen LogP contribution in [0, 0.1) is 5.92 Å². The van der Waals surface area contributed by atoms with Crippen LogP contribution in [0.1, 0.15) is 25.3 Å². The van der Waals surface area contributed by atoms with Crippen LogP contribution in [0.2, 0.25) is 0 Å². The summed E-state index contributed by atoms with van der Waals surface area (Å²) in [6.07, 6.45) is -3.10. The molecule has 1 saturated heterocycles. The van der Waals surface area contributed by atoms with Gasteiger partial charge in [-0.3, -0.25) is 4.79 Å². The molecule has 0 aliphatic carbocycles. The van der Waals surface area contributed by atoms with Gasteiger partial charge >= 0.3 is 6.36 Å². The normalized spacial score (nSPS) is 22.2. The molecule has 1 aromatic rings. The topological polar surface area (TPSA) is 50.4 Å². The first-order valence-corrected chi connectivity index (χ1v) is 7.19. The van der Waals surface area contributed by atoms with Crippen molar-refractivity contribution >= 4 is 5.91 Å². The highest BCUT2D eigenvalue weighted by molar-refractivity contribution is 5.78. The summed E-state index contributed by atoms with van der Waals surface area (Å²) in [6.45, 7) is 3.16. The smallest absolute Gasteiger partial charge is 0.406 e. The number of carbonyl (C=O) groups is 1. The van der Waals surface area contributed by atoms with Crippen molar-refractivity contribution in [3.05, 3.63) is 29.8 Å². The molecule has 2 atom stereocenters. The van der Waals surface area contributed by atoms with Gasteiger partial charge < -0.3 is 15.4 Å². The van der Waals surface area contributed by atoms with Gasteiger partial charge in [-0.1, -0.05) is 12.1 Å². The first-order valence-electron chi connectivity index (χ1n) is 7.19. The van der Waals surface area contributed by atoms with E-state index in [9.17, 15) is 18.0 Å². The first kappa shape index (κ1) is 16.6. The van der Waals surface area contributed by atoms with E-state index in [0.29, 0.717) is 12.6 Å². The molecule has 0 spiro atoms. The van der Waals surface area contributed by atoms with Crippen LogP contribution in [0.25, 0.3) is 0 Å². The fraction of sp³-hybridized carbons (Fsp3) is 0.533. The van der Waals surface area contributed by atoms with Crippen molar-refractivity contribution in [2.24, 2.45) is 5.92 Å². The van der Waals surface area contributed by atoms with E-state index in [0.717, 1.165) is 24.9 Å². The molecule has 7 heteroatoms. The Balaban J connectivity index is 1.82. The summed E-state index contributed by atoms with van der Waals surface area (Å²) in [4.78, 5) is 12.1. The third-order valence-corrected chi connectivity index (χ3v) is 3.62. The molecule has 122 valence electrons. The van der Waals surface area contributed by atoms with Crippen molar-refractivity contribution in [3.63, 3.8) is 0 Å². The van der Waals surface area contributed by atoms with Crippen molar-refractivity contribution in [3.8, 4) is 5.75 Å². The van der Waals surface area contributed by atoms with Crippen molar-refractivity contribution in [1.29, 1.82) is 0 Å². The number of piperidine rings is 1.